The van der Waals surface area contributed by atoms with Gasteiger partial charge in [-0.3, -0.25) is 4.79 Å². The molecule has 0 atom stereocenters. The Morgan fingerprint density at radius 2 is 1.75 bits per heavy atom. The molecule has 2 aromatic rings. The van der Waals surface area contributed by atoms with E-state index in [2.05, 4.69) is 5.32 Å². The molecule has 0 bridgehead atoms. The first-order chi connectivity index (χ1) is 13.3. The van der Waals surface area contributed by atoms with Crippen molar-refractivity contribution in [1.29, 1.82) is 0 Å². The molecule has 9 heteroatoms. The van der Waals surface area contributed by atoms with Gasteiger partial charge in [-0.2, -0.15) is 4.31 Å². The Balaban J connectivity index is 1.58. The molecule has 28 heavy (non-hydrogen) atoms. The molecule has 0 saturated carbocycles. The number of nitrogens with zero attached hydrogens (tertiary/aromatic N) is 1. The number of halogens is 2. The maximum absolute atomic E-state index is 12.7. The van der Waals surface area contributed by atoms with Crippen molar-refractivity contribution in [3.8, 4) is 0 Å². The second-order valence-electron chi connectivity index (χ2n) is 6.75. The van der Waals surface area contributed by atoms with Crippen LogP contribution in [0.15, 0.2) is 47.4 Å². The summed E-state index contributed by atoms with van der Waals surface area (Å²) in [6.07, 6.45) is 0. The minimum absolute atomic E-state index is 0.205. The zero-order valence-electron chi connectivity index (χ0n) is 15.4. The summed E-state index contributed by atoms with van der Waals surface area (Å²) >= 11 is 12.4. The zero-order valence-corrected chi connectivity index (χ0v) is 17.7. The molecule has 2 N–H and O–H groups in total. The van der Waals surface area contributed by atoms with Gasteiger partial charge < -0.3 is 10.2 Å². The molecule has 3 rings (SSSR count). The van der Waals surface area contributed by atoms with Crippen molar-refractivity contribution >= 4 is 44.8 Å². The van der Waals surface area contributed by atoms with Crippen molar-refractivity contribution in [2.45, 2.75) is 11.8 Å². The maximum Gasteiger partial charge on any atom is 0.279 e. The van der Waals surface area contributed by atoms with E-state index in [1.54, 1.807) is 42.5 Å². The fraction of sp³-hybridized carbons (Fsp3) is 0.316. The van der Waals surface area contributed by atoms with E-state index >= 15 is 0 Å². The number of aryl methyl sites for hydroxylation is 1. The number of anilines is 1. The molecule has 1 aliphatic rings. The molecule has 150 valence electrons. The smallest absolute Gasteiger partial charge is 0.279 e. The number of hydrogen-bond donors (Lipinski definition) is 2. The Kier molecular flexibility index (Phi) is 6.62. The van der Waals surface area contributed by atoms with Crippen molar-refractivity contribution in [2.75, 3.05) is 38.0 Å². The highest BCUT2D eigenvalue weighted by atomic mass is 35.5. The van der Waals surface area contributed by atoms with Crippen LogP contribution in [0.25, 0.3) is 0 Å². The first-order valence-electron chi connectivity index (χ1n) is 8.92. The number of amides is 1. The van der Waals surface area contributed by atoms with Gasteiger partial charge in [0.2, 0.25) is 10.0 Å². The number of carbonyl (C=O) groups is 1. The lowest BCUT2D eigenvalue weighted by Gasteiger charge is -2.31. The van der Waals surface area contributed by atoms with Crippen LogP contribution in [0.1, 0.15) is 5.56 Å². The number of quaternary nitrogens is 1. The number of carbonyl (C=O) groups excluding carboxylic acids is 1. The number of hydrogen-bond acceptors (Lipinski definition) is 3. The van der Waals surface area contributed by atoms with Crippen LogP contribution in [0.4, 0.5) is 5.69 Å². The van der Waals surface area contributed by atoms with E-state index in [-0.39, 0.29) is 12.5 Å². The van der Waals surface area contributed by atoms with E-state index in [1.165, 1.54) is 4.31 Å². The van der Waals surface area contributed by atoms with Crippen LogP contribution in [0, 0.1) is 6.92 Å². The van der Waals surface area contributed by atoms with Crippen molar-refractivity contribution in [1.82, 2.24) is 4.31 Å². The third kappa shape index (κ3) is 4.67. The third-order valence-electron chi connectivity index (χ3n) is 4.77. The van der Waals surface area contributed by atoms with Gasteiger partial charge >= 0.3 is 0 Å². The van der Waals surface area contributed by atoms with Crippen LogP contribution in [0.5, 0.6) is 0 Å². The summed E-state index contributed by atoms with van der Waals surface area (Å²) in [6, 6.07) is 11.9. The van der Waals surface area contributed by atoms with Crippen molar-refractivity contribution in [3.63, 3.8) is 0 Å². The second-order valence-corrected chi connectivity index (χ2v) is 9.47. The summed E-state index contributed by atoms with van der Waals surface area (Å²) in [5.74, 6) is -0.205. The molecule has 1 heterocycles. The average molecular weight is 443 g/mol. The highest BCUT2D eigenvalue weighted by Crippen LogP contribution is 2.32. The standard InChI is InChI=1S/C19H21Cl2N3O3S/c1-14-7-8-16(20)19(18(14)21)22-17(25)13-23-9-11-24(12-10-23)28(26,27)15-5-3-2-4-6-15/h2-8H,9-13H2,1H3,(H,22,25)/p+1. The Labute approximate surface area is 175 Å². The van der Waals surface area contributed by atoms with E-state index in [1.807, 2.05) is 6.92 Å². The van der Waals surface area contributed by atoms with Gasteiger partial charge in [0, 0.05) is 0 Å². The van der Waals surface area contributed by atoms with Crippen LogP contribution in [0.2, 0.25) is 10.0 Å². The van der Waals surface area contributed by atoms with E-state index in [9.17, 15) is 13.2 Å². The molecule has 6 nitrogen and oxygen atoms in total. The summed E-state index contributed by atoms with van der Waals surface area (Å²) in [5, 5.41) is 3.59. The van der Waals surface area contributed by atoms with Crippen molar-refractivity contribution in [2.24, 2.45) is 0 Å². The van der Waals surface area contributed by atoms with Crippen molar-refractivity contribution < 1.29 is 18.1 Å². The molecule has 0 spiro atoms. The van der Waals surface area contributed by atoms with Crippen LogP contribution in [-0.4, -0.2) is 51.4 Å². The molecule has 0 radical (unpaired) electrons. The van der Waals surface area contributed by atoms with Gasteiger partial charge in [-0.05, 0) is 30.7 Å². The number of nitrogens with one attached hydrogen (secondary N) is 2. The lowest BCUT2D eigenvalue weighted by atomic mass is 10.2. The largest absolute Gasteiger partial charge is 0.325 e. The topological polar surface area (TPSA) is 70.9 Å². The first-order valence-corrected chi connectivity index (χ1v) is 11.1. The second kappa shape index (κ2) is 8.80. The Morgan fingerprint density at radius 1 is 1.11 bits per heavy atom. The lowest BCUT2D eigenvalue weighted by molar-refractivity contribution is -0.895. The lowest BCUT2D eigenvalue weighted by Crippen LogP contribution is -3.15. The summed E-state index contributed by atoms with van der Waals surface area (Å²) in [5.41, 5.74) is 1.24. The SMILES string of the molecule is Cc1ccc(Cl)c(NC(=O)C[NH+]2CCN(S(=O)(=O)c3ccccc3)CC2)c1Cl. The molecule has 1 amide bonds. The normalized spacial score (nSPS) is 16.1. The van der Waals surface area contributed by atoms with E-state index in [0.29, 0.717) is 46.8 Å². The molecule has 0 unspecified atom stereocenters. The Hall–Kier alpha value is -1.64. The van der Waals surface area contributed by atoms with Crippen LogP contribution < -0.4 is 10.2 Å². The first kappa shape index (κ1) is 21.1. The van der Waals surface area contributed by atoms with Crippen LogP contribution in [-0.2, 0) is 14.8 Å². The molecule has 2 aromatic carbocycles. The third-order valence-corrected chi connectivity index (χ3v) is 7.48. The molecular formula is C19H22Cl2N3O3S+. The predicted octanol–water partition coefficient (Wildman–Crippen LogP) is 1.83. The minimum Gasteiger partial charge on any atom is -0.325 e. The Morgan fingerprint density at radius 3 is 2.39 bits per heavy atom. The quantitative estimate of drug-likeness (QED) is 0.741. The fourth-order valence-corrected chi connectivity index (χ4v) is 5.07. The Bertz CT molecular complexity index is 960. The number of benzene rings is 2. The van der Waals surface area contributed by atoms with Crippen LogP contribution in [0.3, 0.4) is 0 Å². The van der Waals surface area contributed by atoms with Crippen molar-refractivity contribution in [3.05, 3.63) is 58.1 Å². The number of piperazine rings is 1. The van der Waals surface area contributed by atoms with Crippen LogP contribution >= 0.6 is 23.2 Å². The molecule has 1 saturated heterocycles. The zero-order chi connectivity index (χ0) is 20.3. The maximum atomic E-state index is 12.7. The summed E-state index contributed by atoms with van der Waals surface area (Å²) < 4.78 is 26.8. The molecule has 1 fully saturated rings. The molecule has 0 aliphatic carbocycles. The van der Waals surface area contributed by atoms with Gasteiger partial charge in [0.15, 0.2) is 6.54 Å². The summed E-state index contributed by atoms with van der Waals surface area (Å²) in [6.45, 7) is 3.90. The molecular weight excluding hydrogens is 421 g/mol. The van der Waals surface area contributed by atoms with Gasteiger partial charge in [-0.15, -0.1) is 0 Å². The number of rotatable bonds is 5. The summed E-state index contributed by atoms with van der Waals surface area (Å²) in [4.78, 5) is 13.7. The average Bonchev–Trinajstić information content (AvgIpc) is 2.69. The minimum atomic E-state index is -3.49. The van der Waals surface area contributed by atoms with Gasteiger partial charge in [-0.1, -0.05) is 47.5 Å². The van der Waals surface area contributed by atoms with Gasteiger partial charge in [0.25, 0.3) is 5.91 Å². The van der Waals surface area contributed by atoms with Gasteiger partial charge in [0.1, 0.15) is 0 Å². The molecule has 1 aliphatic heterocycles. The van der Waals surface area contributed by atoms with E-state index < -0.39 is 10.0 Å². The summed E-state index contributed by atoms with van der Waals surface area (Å²) in [7, 11) is -3.49. The highest BCUT2D eigenvalue weighted by molar-refractivity contribution is 7.89. The predicted molar refractivity (Wildman–Crippen MR) is 111 cm³/mol. The van der Waals surface area contributed by atoms with E-state index in [4.69, 9.17) is 23.2 Å². The van der Waals surface area contributed by atoms with E-state index in [0.717, 1.165) is 10.5 Å². The fourth-order valence-electron chi connectivity index (χ4n) is 3.14. The number of sulfonamides is 1. The monoisotopic (exact) mass is 442 g/mol. The highest BCUT2D eigenvalue weighted by Gasteiger charge is 2.31. The molecule has 0 aromatic heterocycles. The van der Waals surface area contributed by atoms with Gasteiger partial charge in [-0.25, -0.2) is 8.42 Å². The van der Waals surface area contributed by atoms with Gasteiger partial charge in [0.05, 0.1) is 46.8 Å².